The maximum atomic E-state index is 12.2. The number of halogens is 1. The first-order valence-corrected chi connectivity index (χ1v) is 13.1. The fourth-order valence-electron chi connectivity index (χ4n) is 2.21. The molecule has 4 nitrogen and oxygen atoms in total. The Kier molecular flexibility index (Phi) is 7.01. The van der Waals surface area contributed by atoms with Gasteiger partial charge in [-0.05, 0) is 65.2 Å². The highest BCUT2D eigenvalue weighted by Crippen LogP contribution is 2.37. The van der Waals surface area contributed by atoms with E-state index in [9.17, 15) is 4.79 Å². The predicted molar refractivity (Wildman–Crippen MR) is 119 cm³/mol. The van der Waals surface area contributed by atoms with Crippen LogP contribution in [0.2, 0.25) is 31.3 Å². The van der Waals surface area contributed by atoms with Crippen LogP contribution in [0, 0.1) is 3.57 Å². The molecule has 26 heavy (non-hydrogen) atoms. The molecule has 0 saturated carbocycles. The minimum atomic E-state index is -1.83. The zero-order chi connectivity index (χ0) is 19.5. The molecule has 0 bridgehead atoms. The fourth-order valence-corrected chi connectivity index (χ4v) is 3.91. The van der Waals surface area contributed by atoms with Crippen LogP contribution in [-0.4, -0.2) is 28.2 Å². The summed E-state index contributed by atoms with van der Waals surface area (Å²) in [6.45, 7) is 14.1. The van der Waals surface area contributed by atoms with Gasteiger partial charge in [-0.3, -0.25) is 0 Å². The van der Waals surface area contributed by atoms with E-state index in [4.69, 9.17) is 13.6 Å². The number of rotatable bonds is 7. The number of esters is 1. The molecule has 2 aromatic rings. The van der Waals surface area contributed by atoms with Gasteiger partial charge in [-0.2, -0.15) is 0 Å². The van der Waals surface area contributed by atoms with Crippen molar-refractivity contribution in [2.75, 3.05) is 6.61 Å². The van der Waals surface area contributed by atoms with Gasteiger partial charge >= 0.3 is 5.97 Å². The van der Waals surface area contributed by atoms with Gasteiger partial charge in [-0.25, -0.2) is 4.79 Å². The third kappa shape index (κ3) is 5.13. The SMILES string of the molecule is CBCCOC(=O)c1cc(I)c2oc(CO[Si](C)(C)C(C)(C)C)cc2c1. The van der Waals surface area contributed by atoms with Crippen molar-refractivity contribution >= 4 is 55.1 Å². The van der Waals surface area contributed by atoms with Crippen LogP contribution in [0.3, 0.4) is 0 Å². The molecule has 142 valence electrons. The highest BCUT2D eigenvalue weighted by molar-refractivity contribution is 14.1. The average Bonchev–Trinajstić information content (AvgIpc) is 2.96. The summed E-state index contributed by atoms with van der Waals surface area (Å²) in [6, 6.07) is 5.62. The average molecular weight is 486 g/mol. The molecule has 0 amide bonds. The van der Waals surface area contributed by atoms with Crippen LogP contribution in [0.15, 0.2) is 22.6 Å². The Morgan fingerprint density at radius 2 is 1.96 bits per heavy atom. The molecule has 0 aliphatic carbocycles. The van der Waals surface area contributed by atoms with E-state index < -0.39 is 8.32 Å². The lowest BCUT2D eigenvalue weighted by Gasteiger charge is -2.35. The number of fused-ring (bicyclic) bond motifs is 1. The topological polar surface area (TPSA) is 48.7 Å². The van der Waals surface area contributed by atoms with E-state index >= 15 is 0 Å². The third-order valence-corrected chi connectivity index (χ3v) is 10.2. The number of carbonyl (C=O) groups excluding carboxylic acids is 1. The van der Waals surface area contributed by atoms with E-state index in [2.05, 4.69) is 63.3 Å². The zero-order valence-corrected chi connectivity index (χ0v) is 19.7. The van der Waals surface area contributed by atoms with Gasteiger partial charge in [-0.15, -0.1) is 0 Å². The van der Waals surface area contributed by atoms with Gasteiger partial charge < -0.3 is 13.6 Å². The number of ether oxygens (including phenoxy) is 1. The van der Waals surface area contributed by atoms with Gasteiger partial charge in [0, 0.05) is 5.39 Å². The summed E-state index contributed by atoms with van der Waals surface area (Å²) in [7, 11) is -0.831. The summed E-state index contributed by atoms with van der Waals surface area (Å²) in [4.78, 5) is 12.2. The van der Waals surface area contributed by atoms with Crippen LogP contribution in [-0.2, 0) is 15.8 Å². The Morgan fingerprint density at radius 1 is 1.27 bits per heavy atom. The monoisotopic (exact) mass is 486 g/mol. The standard InChI is InChI=1S/C19H28BIO4Si/c1-19(2,3)26(5,6)24-12-15-10-13-9-14(11-16(21)17(13)25-15)18(22)23-8-7-20-4/h9-11,20H,7-8,12H2,1-6H3. The molecule has 0 radical (unpaired) electrons. The Balaban J connectivity index is 2.17. The summed E-state index contributed by atoms with van der Waals surface area (Å²) in [6.07, 6.45) is 0.881. The molecule has 0 fully saturated rings. The van der Waals surface area contributed by atoms with Crippen molar-refractivity contribution in [3.8, 4) is 0 Å². The molecule has 1 heterocycles. The maximum absolute atomic E-state index is 12.2. The van der Waals surface area contributed by atoms with Crippen molar-refractivity contribution in [3.05, 3.63) is 33.1 Å². The van der Waals surface area contributed by atoms with Crippen molar-refractivity contribution in [3.63, 3.8) is 0 Å². The lowest BCUT2D eigenvalue weighted by Crippen LogP contribution is -2.40. The van der Waals surface area contributed by atoms with Crippen molar-refractivity contribution < 1.29 is 18.4 Å². The van der Waals surface area contributed by atoms with Crippen LogP contribution >= 0.6 is 22.6 Å². The first kappa shape index (κ1) is 21.5. The maximum Gasteiger partial charge on any atom is 0.338 e. The quantitative estimate of drug-likeness (QED) is 0.221. The minimum Gasteiger partial charge on any atom is -0.463 e. The molecule has 1 aromatic heterocycles. The van der Waals surface area contributed by atoms with E-state index in [1.54, 1.807) is 0 Å². The van der Waals surface area contributed by atoms with Gasteiger partial charge in [0.15, 0.2) is 8.32 Å². The lowest BCUT2D eigenvalue weighted by atomic mass is 9.79. The second kappa shape index (κ2) is 8.48. The van der Waals surface area contributed by atoms with Gasteiger partial charge in [-0.1, -0.05) is 27.6 Å². The molecule has 0 atom stereocenters. The van der Waals surface area contributed by atoms with Crippen molar-refractivity contribution in [2.24, 2.45) is 0 Å². The van der Waals surface area contributed by atoms with E-state index in [0.29, 0.717) is 18.8 Å². The number of hydrogen-bond donors (Lipinski definition) is 0. The molecule has 0 aliphatic rings. The molecule has 1 aromatic carbocycles. The van der Waals surface area contributed by atoms with Crippen molar-refractivity contribution in [2.45, 2.75) is 58.7 Å². The molecule has 2 rings (SSSR count). The highest BCUT2D eigenvalue weighted by Gasteiger charge is 2.37. The van der Waals surface area contributed by atoms with Gasteiger partial charge in [0.05, 0.1) is 22.3 Å². The van der Waals surface area contributed by atoms with Crippen LogP contribution in [0.5, 0.6) is 0 Å². The van der Waals surface area contributed by atoms with Crippen molar-refractivity contribution in [1.82, 2.24) is 0 Å². The summed E-state index contributed by atoms with van der Waals surface area (Å²) >= 11 is 2.20. The van der Waals surface area contributed by atoms with E-state index in [0.717, 1.165) is 33.9 Å². The molecule has 0 aliphatic heterocycles. The Hall–Kier alpha value is -0.798. The summed E-state index contributed by atoms with van der Waals surface area (Å²) in [5.74, 6) is 0.512. The van der Waals surface area contributed by atoms with E-state index in [-0.39, 0.29) is 11.0 Å². The summed E-state index contributed by atoms with van der Waals surface area (Å²) < 4.78 is 18.4. The third-order valence-electron chi connectivity index (χ3n) is 4.97. The highest BCUT2D eigenvalue weighted by atomic mass is 127. The first-order valence-electron chi connectivity index (χ1n) is 9.08. The summed E-state index contributed by atoms with van der Waals surface area (Å²) in [5.41, 5.74) is 1.36. The van der Waals surface area contributed by atoms with Crippen molar-refractivity contribution in [1.29, 1.82) is 0 Å². The van der Waals surface area contributed by atoms with E-state index in [1.807, 2.05) is 18.2 Å². The summed E-state index contributed by atoms with van der Waals surface area (Å²) in [5, 5.41) is 1.07. The Bertz CT molecular complexity index is 780. The van der Waals surface area contributed by atoms with Gasteiger partial charge in [0.2, 0.25) is 0 Å². The minimum absolute atomic E-state index is 0.156. The van der Waals surface area contributed by atoms with Crippen LogP contribution in [0.4, 0.5) is 0 Å². The Labute approximate surface area is 171 Å². The number of carbonyl (C=O) groups is 1. The normalized spacial score (nSPS) is 12.4. The fraction of sp³-hybridized carbons (Fsp3) is 0.526. The largest absolute Gasteiger partial charge is 0.463 e. The molecule has 0 N–H and O–H groups in total. The molecule has 0 saturated heterocycles. The predicted octanol–water partition coefficient (Wildman–Crippen LogP) is 5.62. The zero-order valence-electron chi connectivity index (χ0n) is 16.6. The first-order chi connectivity index (χ1) is 12.0. The van der Waals surface area contributed by atoms with E-state index in [1.165, 1.54) is 0 Å². The number of hydrogen-bond acceptors (Lipinski definition) is 4. The van der Waals surface area contributed by atoms with Gasteiger partial charge in [0.25, 0.3) is 0 Å². The molecule has 0 unspecified atom stereocenters. The Morgan fingerprint density at radius 3 is 2.58 bits per heavy atom. The van der Waals surface area contributed by atoms with Crippen LogP contribution < -0.4 is 0 Å². The lowest BCUT2D eigenvalue weighted by molar-refractivity contribution is 0.0526. The van der Waals surface area contributed by atoms with Gasteiger partial charge in [0.1, 0.15) is 18.6 Å². The second-order valence-electron chi connectivity index (χ2n) is 8.13. The smallest absolute Gasteiger partial charge is 0.338 e. The molecule has 7 heteroatoms. The second-order valence-corrected chi connectivity index (χ2v) is 14.1. The number of furan rings is 1. The van der Waals surface area contributed by atoms with Crippen LogP contribution in [0.25, 0.3) is 11.0 Å². The van der Waals surface area contributed by atoms with Crippen LogP contribution in [0.1, 0.15) is 36.9 Å². The number of benzene rings is 1. The molecule has 0 spiro atoms. The molecular formula is C19H28BIO4Si. The molecular weight excluding hydrogens is 458 g/mol.